The minimum absolute atomic E-state index is 0.288. The fourth-order valence-electron chi connectivity index (χ4n) is 4.79. The molecule has 24 heavy (non-hydrogen) atoms. The Kier molecular flexibility index (Phi) is 4.32. The molecule has 0 amide bonds. The third-order valence-corrected chi connectivity index (χ3v) is 6.30. The van der Waals surface area contributed by atoms with E-state index in [9.17, 15) is 5.11 Å². The largest absolute Gasteiger partial charge is 0.508 e. The number of phenolic OH excluding ortho intramolecular Hbond substituents is 1. The van der Waals surface area contributed by atoms with Crippen LogP contribution in [0.1, 0.15) is 43.2 Å². The SMILES string of the molecule is Oc1cccc(C23CCC(CC2)N(CCc2ccccc2)CC3)c1. The Morgan fingerprint density at radius 1 is 0.958 bits per heavy atom. The molecule has 2 aliphatic heterocycles. The van der Waals surface area contributed by atoms with Crippen LogP contribution >= 0.6 is 0 Å². The Balaban J connectivity index is 1.47. The lowest BCUT2D eigenvalue weighted by molar-refractivity contribution is 0.183. The molecule has 1 saturated carbocycles. The standard InChI is InChI=1S/C22H27NO/c24-21-8-4-7-19(17-21)22-12-9-20(10-13-22)23(16-14-22)15-11-18-5-2-1-3-6-18/h1-8,17,20,24H,9-16H2. The molecule has 1 N–H and O–H groups in total. The molecule has 2 bridgehead atoms. The van der Waals surface area contributed by atoms with Crippen molar-refractivity contribution >= 4 is 0 Å². The second-order valence-electron chi connectivity index (χ2n) is 7.58. The lowest BCUT2D eigenvalue weighted by Crippen LogP contribution is -2.37. The van der Waals surface area contributed by atoms with Crippen molar-refractivity contribution in [1.82, 2.24) is 4.90 Å². The van der Waals surface area contributed by atoms with E-state index in [1.807, 2.05) is 12.1 Å². The Hall–Kier alpha value is -1.80. The molecule has 0 unspecified atom stereocenters. The van der Waals surface area contributed by atoms with Gasteiger partial charge in [0.2, 0.25) is 0 Å². The van der Waals surface area contributed by atoms with Gasteiger partial charge in [0, 0.05) is 12.6 Å². The average Bonchev–Trinajstić information content (AvgIpc) is 2.92. The smallest absolute Gasteiger partial charge is 0.115 e. The topological polar surface area (TPSA) is 23.5 Å². The first-order chi connectivity index (χ1) is 11.8. The van der Waals surface area contributed by atoms with Crippen LogP contribution in [0.5, 0.6) is 5.75 Å². The number of phenols is 1. The van der Waals surface area contributed by atoms with Gasteiger partial charge in [-0.05, 0) is 73.7 Å². The molecule has 0 spiro atoms. The van der Waals surface area contributed by atoms with E-state index in [4.69, 9.17) is 0 Å². The fourth-order valence-corrected chi connectivity index (χ4v) is 4.79. The van der Waals surface area contributed by atoms with E-state index >= 15 is 0 Å². The van der Waals surface area contributed by atoms with Gasteiger partial charge in [0.1, 0.15) is 5.75 Å². The van der Waals surface area contributed by atoms with Crippen molar-refractivity contribution in [2.45, 2.75) is 50.0 Å². The number of fused-ring (bicyclic) bond motifs is 4. The molecule has 0 radical (unpaired) electrons. The summed E-state index contributed by atoms with van der Waals surface area (Å²) in [4.78, 5) is 2.73. The van der Waals surface area contributed by atoms with E-state index in [1.165, 1.54) is 56.3 Å². The van der Waals surface area contributed by atoms with Crippen molar-refractivity contribution in [3.8, 4) is 5.75 Å². The van der Waals surface area contributed by atoms with Crippen LogP contribution in [0, 0.1) is 0 Å². The highest BCUT2D eigenvalue weighted by molar-refractivity contribution is 5.34. The summed E-state index contributed by atoms with van der Waals surface area (Å²) in [6.07, 6.45) is 7.50. The summed E-state index contributed by atoms with van der Waals surface area (Å²) < 4.78 is 0. The van der Waals surface area contributed by atoms with Crippen LogP contribution in [-0.2, 0) is 11.8 Å². The third-order valence-electron chi connectivity index (χ3n) is 6.30. The van der Waals surface area contributed by atoms with Gasteiger partial charge in [0.15, 0.2) is 0 Å². The zero-order valence-electron chi connectivity index (χ0n) is 14.3. The molecule has 3 fully saturated rings. The van der Waals surface area contributed by atoms with E-state index in [0.717, 1.165) is 12.5 Å². The average molecular weight is 321 g/mol. The monoisotopic (exact) mass is 321 g/mol. The van der Waals surface area contributed by atoms with E-state index in [-0.39, 0.29) is 5.41 Å². The van der Waals surface area contributed by atoms with Crippen LogP contribution in [0.25, 0.3) is 0 Å². The highest BCUT2D eigenvalue weighted by atomic mass is 16.3. The Bertz CT molecular complexity index is 673. The summed E-state index contributed by atoms with van der Waals surface area (Å²) in [6.45, 7) is 2.36. The van der Waals surface area contributed by atoms with Gasteiger partial charge in [0.25, 0.3) is 0 Å². The van der Waals surface area contributed by atoms with Gasteiger partial charge in [-0.2, -0.15) is 0 Å². The molecule has 126 valence electrons. The normalized spacial score (nSPS) is 27.1. The van der Waals surface area contributed by atoms with E-state index in [1.54, 1.807) is 6.07 Å². The molecule has 0 aromatic heterocycles. The number of benzene rings is 2. The minimum Gasteiger partial charge on any atom is -0.508 e. The van der Waals surface area contributed by atoms with Crippen molar-refractivity contribution < 1.29 is 5.11 Å². The predicted octanol–water partition coefficient (Wildman–Crippen LogP) is 4.52. The molecule has 5 rings (SSSR count). The first-order valence-corrected chi connectivity index (χ1v) is 9.33. The van der Waals surface area contributed by atoms with Crippen molar-refractivity contribution in [3.63, 3.8) is 0 Å². The Labute approximate surface area is 145 Å². The molecule has 2 heteroatoms. The Morgan fingerprint density at radius 2 is 1.75 bits per heavy atom. The molecular formula is C22H27NO. The zero-order chi connectivity index (χ0) is 16.4. The van der Waals surface area contributed by atoms with Gasteiger partial charge in [0.05, 0.1) is 0 Å². The van der Waals surface area contributed by atoms with Gasteiger partial charge in [-0.1, -0.05) is 42.5 Å². The van der Waals surface area contributed by atoms with Gasteiger partial charge in [-0.3, -0.25) is 0 Å². The minimum atomic E-state index is 0.288. The van der Waals surface area contributed by atoms with Gasteiger partial charge in [-0.15, -0.1) is 0 Å². The molecular weight excluding hydrogens is 294 g/mol. The van der Waals surface area contributed by atoms with Gasteiger partial charge >= 0.3 is 0 Å². The van der Waals surface area contributed by atoms with Crippen LogP contribution in [0.3, 0.4) is 0 Å². The highest BCUT2D eigenvalue weighted by Gasteiger charge is 2.41. The van der Waals surface area contributed by atoms with Gasteiger partial charge in [-0.25, -0.2) is 0 Å². The number of hydrogen-bond acceptors (Lipinski definition) is 2. The molecule has 2 nitrogen and oxygen atoms in total. The first kappa shape index (κ1) is 15.7. The van der Waals surface area contributed by atoms with Crippen molar-refractivity contribution in [1.29, 1.82) is 0 Å². The van der Waals surface area contributed by atoms with E-state index in [2.05, 4.69) is 41.3 Å². The summed E-state index contributed by atoms with van der Waals surface area (Å²) in [7, 11) is 0. The lowest BCUT2D eigenvalue weighted by atomic mass is 9.67. The predicted molar refractivity (Wildman–Crippen MR) is 98.4 cm³/mol. The molecule has 0 atom stereocenters. The maximum Gasteiger partial charge on any atom is 0.115 e. The molecule has 2 saturated heterocycles. The fraction of sp³-hybridized carbons (Fsp3) is 0.455. The summed E-state index contributed by atoms with van der Waals surface area (Å²) in [5.74, 6) is 0.411. The number of hydrogen-bond donors (Lipinski definition) is 1. The summed E-state index contributed by atoms with van der Waals surface area (Å²) >= 11 is 0. The van der Waals surface area contributed by atoms with E-state index in [0.29, 0.717) is 5.75 Å². The summed E-state index contributed by atoms with van der Waals surface area (Å²) in [5, 5.41) is 9.89. The van der Waals surface area contributed by atoms with Crippen molar-refractivity contribution in [2.24, 2.45) is 0 Å². The quantitative estimate of drug-likeness (QED) is 0.895. The highest BCUT2D eigenvalue weighted by Crippen LogP contribution is 2.46. The Morgan fingerprint density at radius 3 is 2.50 bits per heavy atom. The van der Waals surface area contributed by atoms with Crippen LogP contribution in [0.4, 0.5) is 0 Å². The lowest BCUT2D eigenvalue weighted by Gasteiger charge is -2.38. The molecule has 2 aromatic rings. The molecule has 3 aliphatic rings. The first-order valence-electron chi connectivity index (χ1n) is 9.33. The second-order valence-corrected chi connectivity index (χ2v) is 7.58. The van der Waals surface area contributed by atoms with E-state index < -0.39 is 0 Å². The van der Waals surface area contributed by atoms with Gasteiger partial charge < -0.3 is 10.0 Å². The number of nitrogens with zero attached hydrogens (tertiary/aromatic N) is 1. The maximum absolute atomic E-state index is 9.89. The van der Waals surface area contributed by atoms with Crippen molar-refractivity contribution in [3.05, 3.63) is 65.7 Å². The molecule has 2 aromatic carbocycles. The zero-order valence-corrected chi connectivity index (χ0v) is 14.3. The third kappa shape index (κ3) is 3.08. The maximum atomic E-state index is 9.89. The molecule has 2 heterocycles. The van der Waals surface area contributed by atoms with Crippen molar-refractivity contribution in [2.75, 3.05) is 13.1 Å². The summed E-state index contributed by atoms with van der Waals surface area (Å²) in [6, 6.07) is 19.6. The summed E-state index contributed by atoms with van der Waals surface area (Å²) in [5.41, 5.74) is 3.08. The molecule has 1 aliphatic carbocycles. The van der Waals surface area contributed by atoms with Crippen LogP contribution in [0.15, 0.2) is 54.6 Å². The number of aromatic hydroxyl groups is 1. The van der Waals surface area contributed by atoms with Crippen LogP contribution < -0.4 is 0 Å². The van der Waals surface area contributed by atoms with Crippen LogP contribution in [-0.4, -0.2) is 29.1 Å². The van der Waals surface area contributed by atoms with Crippen LogP contribution in [0.2, 0.25) is 0 Å². The second kappa shape index (κ2) is 6.60. The number of rotatable bonds is 4.